The van der Waals surface area contributed by atoms with Gasteiger partial charge in [-0.25, -0.2) is 0 Å². The summed E-state index contributed by atoms with van der Waals surface area (Å²) in [5.41, 5.74) is 5.62. The normalized spacial score (nSPS) is 20.6. The van der Waals surface area contributed by atoms with Crippen LogP contribution in [-0.2, 0) is 9.59 Å². The number of carbonyl (C=O) groups is 2. The molecule has 1 aliphatic heterocycles. The van der Waals surface area contributed by atoms with Crippen molar-refractivity contribution in [2.75, 3.05) is 13.1 Å². The molecule has 6 heteroatoms. The van der Waals surface area contributed by atoms with Crippen molar-refractivity contribution >= 4 is 29.0 Å². The fourth-order valence-corrected chi connectivity index (χ4v) is 2.48. The van der Waals surface area contributed by atoms with E-state index in [0.29, 0.717) is 19.5 Å². The lowest BCUT2D eigenvalue weighted by molar-refractivity contribution is -0.132. The number of hydrogen-bond donors (Lipinski definition) is 2. The summed E-state index contributed by atoms with van der Waals surface area (Å²) >= 11 is 4.95. The van der Waals surface area contributed by atoms with Crippen LogP contribution in [0.3, 0.4) is 0 Å². The lowest BCUT2D eigenvalue weighted by Crippen LogP contribution is -2.42. The van der Waals surface area contributed by atoms with E-state index in [1.54, 1.807) is 4.90 Å². The summed E-state index contributed by atoms with van der Waals surface area (Å²) in [7, 11) is 0. The van der Waals surface area contributed by atoms with Crippen molar-refractivity contribution in [3.63, 3.8) is 0 Å². The van der Waals surface area contributed by atoms with Gasteiger partial charge in [0.2, 0.25) is 11.8 Å². The van der Waals surface area contributed by atoms with Crippen molar-refractivity contribution in [2.24, 2.45) is 11.7 Å². The second-order valence-corrected chi connectivity index (χ2v) is 5.19. The summed E-state index contributed by atoms with van der Waals surface area (Å²) in [5.74, 6) is -0.424. The summed E-state index contributed by atoms with van der Waals surface area (Å²) in [6.07, 6.45) is 2.35. The highest BCUT2D eigenvalue weighted by molar-refractivity contribution is 7.80. The van der Waals surface area contributed by atoms with Gasteiger partial charge in [-0.15, -0.1) is 0 Å². The number of nitrogens with two attached hydrogens (primary N) is 1. The molecule has 18 heavy (non-hydrogen) atoms. The van der Waals surface area contributed by atoms with Gasteiger partial charge in [0, 0.05) is 26.1 Å². The summed E-state index contributed by atoms with van der Waals surface area (Å²) in [6.45, 7) is 4.70. The highest BCUT2D eigenvalue weighted by atomic mass is 32.1. The lowest BCUT2D eigenvalue weighted by Gasteiger charge is -2.22. The second-order valence-electron chi connectivity index (χ2n) is 4.71. The van der Waals surface area contributed by atoms with Gasteiger partial charge in [-0.1, -0.05) is 25.6 Å². The number of carbonyl (C=O) groups excluding carboxylic acids is 2. The Morgan fingerprint density at radius 1 is 1.56 bits per heavy atom. The number of nitrogens with one attached hydrogen (secondary N) is 1. The highest BCUT2D eigenvalue weighted by Gasteiger charge is 2.31. The van der Waals surface area contributed by atoms with Crippen molar-refractivity contribution in [1.82, 2.24) is 10.2 Å². The smallest absolute Gasteiger partial charge is 0.232 e. The molecule has 2 amide bonds. The molecule has 5 nitrogen and oxygen atoms in total. The van der Waals surface area contributed by atoms with Crippen LogP contribution in [0.25, 0.3) is 0 Å². The maximum Gasteiger partial charge on any atom is 0.232 e. The van der Waals surface area contributed by atoms with Gasteiger partial charge in [0.25, 0.3) is 0 Å². The van der Waals surface area contributed by atoms with Gasteiger partial charge in [0.15, 0.2) is 0 Å². The summed E-state index contributed by atoms with van der Waals surface area (Å²) in [6, 6.07) is 0.0556. The molecule has 0 saturated carbocycles. The molecule has 1 heterocycles. The van der Waals surface area contributed by atoms with Crippen LogP contribution >= 0.6 is 12.2 Å². The predicted molar refractivity (Wildman–Crippen MR) is 74.0 cm³/mol. The molecule has 0 bridgehead atoms. The van der Waals surface area contributed by atoms with Crippen LogP contribution in [0.4, 0.5) is 0 Å². The monoisotopic (exact) mass is 271 g/mol. The Balaban J connectivity index is 2.57. The SMILES string of the molecule is CCCC(C(=O)N1CCC(NC(C)=O)C1)C(N)=S. The Kier molecular flexibility index (Phi) is 5.53. The average molecular weight is 271 g/mol. The average Bonchev–Trinajstić information content (AvgIpc) is 2.72. The van der Waals surface area contributed by atoms with Crippen LogP contribution in [0.2, 0.25) is 0 Å². The molecule has 0 spiro atoms. The topological polar surface area (TPSA) is 75.4 Å². The standard InChI is InChI=1S/C12H21N3O2S/c1-3-4-10(11(13)18)12(17)15-6-5-9(7-15)14-8(2)16/h9-10H,3-7H2,1-2H3,(H2,13,18)(H,14,16). The van der Waals surface area contributed by atoms with Crippen molar-refractivity contribution in [3.8, 4) is 0 Å². The number of rotatable bonds is 5. The number of amides is 2. The number of thiocarbonyl (C=S) groups is 1. The Morgan fingerprint density at radius 3 is 2.72 bits per heavy atom. The molecule has 0 aliphatic carbocycles. The van der Waals surface area contributed by atoms with E-state index in [9.17, 15) is 9.59 Å². The first-order chi connectivity index (χ1) is 8.45. The van der Waals surface area contributed by atoms with Gasteiger partial charge < -0.3 is 16.0 Å². The van der Waals surface area contributed by atoms with Crippen molar-refractivity contribution in [1.29, 1.82) is 0 Å². The minimum atomic E-state index is -0.360. The molecule has 1 rings (SSSR count). The van der Waals surface area contributed by atoms with Crippen molar-refractivity contribution in [2.45, 2.75) is 39.2 Å². The Labute approximate surface area is 113 Å². The van der Waals surface area contributed by atoms with Gasteiger partial charge in [-0.2, -0.15) is 0 Å². The number of likely N-dealkylation sites (tertiary alicyclic amines) is 1. The Hall–Kier alpha value is -1.17. The maximum atomic E-state index is 12.3. The molecule has 0 radical (unpaired) electrons. The fourth-order valence-electron chi connectivity index (χ4n) is 2.26. The molecule has 1 saturated heterocycles. The first-order valence-corrected chi connectivity index (χ1v) is 6.71. The minimum Gasteiger partial charge on any atom is -0.393 e. The van der Waals surface area contributed by atoms with Crippen LogP contribution in [0.1, 0.15) is 33.1 Å². The molecule has 1 fully saturated rings. The van der Waals surface area contributed by atoms with Gasteiger partial charge in [0.1, 0.15) is 0 Å². The number of hydrogen-bond acceptors (Lipinski definition) is 3. The van der Waals surface area contributed by atoms with Crippen molar-refractivity contribution < 1.29 is 9.59 Å². The van der Waals surface area contributed by atoms with E-state index < -0.39 is 0 Å². The first-order valence-electron chi connectivity index (χ1n) is 6.30. The molecule has 2 atom stereocenters. The zero-order chi connectivity index (χ0) is 13.7. The molecule has 0 aromatic heterocycles. The molecular formula is C12H21N3O2S. The van der Waals surface area contributed by atoms with Crippen LogP contribution in [-0.4, -0.2) is 40.8 Å². The lowest BCUT2D eigenvalue weighted by atomic mass is 10.0. The molecular weight excluding hydrogens is 250 g/mol. The first kappa shape index (κ1) is 14.9. The van der Waals surface area contributed by atoms with Crippen LogP contribution in [0, 0.1) is 5.92 Å². The molecule has 2 unspecified atom stereocenters. The van der Waals surface area contributed by atoms with E-state index in [-0.39, 0.29) is 28.8 Å². The van der Waals surface area contributed by atoms with Crippen LogP contribution in [0.15, 0.2) is 0 Å². The minimum absolute atomic E-state index is 0.00259. The van der Waals surface area contributed by atoms with E-state index in [1.807, 2.05) is 6.92 Å². The van der Waals surface area contributed by atoms with E-state index in [4.69, 9.17) is 18.0 Å². The summed E-state index contributed by atoms with van der Waals surface area (Å²) in [4.78, 5) is 25.2. The third-order valence-electron chi connectivity index (χ3n) is 3.13. The molecule has 102 valence electrons. The van der Waals surface area contributed by atoms with Crippen LogP contribution in [0.5, 0.6) is 0 Å². The fraction of sp³-hybridized carbons (Fsp3) is 0.750. The zero-order valence-corrected chi connectivity index (χ0v) is 11.8. The van der Waals surface area contributed by atoms with E-state index >= 15 is 0 Å². The Bertz CT molecular complexity index is 346. The summed E-state index contributed by atoms with van der Waals surface area (Å²) in [5, 5.41) is 2.83. The van der Waals surface area contributed by atoms with Gasteiger partial charge in [-0.3, -0.25) is 9.59 Å². The van der Waals surface area contributed by atoms with E-state index in [1.165, 1.54) is 6.92 Å². The van der Waals surface area contributed by atoms with Gasteiger partial charge >= 0.3 is 0 Å². The molecule has 1 aliphatic rings. The van der Waals surface area contributed by atoms with Crippen LogP contribution < -0.4 is 11.1 Å². The number of nitrogens with zero attached hydrogens (tertiary/aromatic N) is 1. The maximum absolute atomic E-state index is 12.3. The quantitative estimate of drug-likeness (QED) is 0.711. The van der Waals surface area contributed by atoms with Crippen molar-refractivity contribution in [3.05, 3.63) is 0 Å². The largest absolute Gasteiger partial charge is 0.393 e. The third kappa shape index (κ3) is 3.94. The molecule has 0 aromatic carbocycles. The van der Waals surface area contributed by atoms with E-state index in [0.717, 1.165) is 12.8 Å². The molecule has 0 aromatic rings. The zero-order valence-electron chi connectivity index (χ0n) is 10.9. The van der Waals surface area contributed by atoms with Gasteiger partial charge in [-0.05, 0) is 12.8 Å². The highest BCUT2D eigenvalue weighted by Crippen LogP contribution is 2.16. The van der Waals surface area contributed by atoms with Gasteiger partial charge in [0.05, 0.1) is 10.9 Å². The third-order valence-corrected chi connectivity index (χ3v) is 3.41. The predicted octanol–water partition coefficient (Wildman–Crippen LogP) is 0.426. The molecule has 3 N–H and O–H groups in total. The Morgan fingerprint density at radius 2 is 2.22 bits per heavy atom. The summed E-state index contributed by atoms with van der Waals surface area (Å²) < 4.78 is 0. The van der Waals surface area contributed by atoms with E-state index in [2.05, 4.69) is 5.32 Å². The second kappa shape index (κ2) is 6.68.